The quantitative estimate of drug-likeness (QED) is 0.830. The number of hydrogen-bond acceptors (Lipinski definition) is 2. The number of halogens is 5. The van der Waals surface area contributed by atoms with Crippen LogP contribution in [0, 0.1) is 18.6 Å². The van der Waals surface area contributed by atoms with Crippen LogP contribution >= 0.6 is 12.4 Å². The van der Waals surface area contributed by atoms with Gasteiger partial charge < -0.3 is 10.8 Å². The molecule has 1 aromatic rings. The van der Waals surface area contributed by atoms with E-state index in [9.17, 15) is 17.6 Å². The lowest BCUT2D eigenvalue weighted by Crippen LogP contribution is -2.37. The summed E-state index contributed by atoms with van der Waals surface area (Å²) in [7, 11) is 0. The fourth-order valence-corrected chi connectivity index (χ4v) is 1.23. The molecule has 98 valence electrons. The number of aliphatic hydroxyl groups excluding tert-OH is 1. The second-order valence-electron chi connectivity index (χ2n) is 3.50. The third kappa shape index (κ3) is 3.08. The molecule has 0 saturated carbocycles. The SMILES string of the molecule is Cc1ccc([C@H](N)C(F)(F)CO)c(F)c1F.Cl. The highest BCUT2D eigenvalue weighted by Gasteiger charge is 2.39. The first-order chi connectivity index (χ1) is 7.31. The summed E-state index contributed by atoms with van der Waals surface area (Å²) in [5.41, 5.74) is 4.44. The Labute approximate surface area is 102 Å². The molecule has 0 amide bonds. The Balaban J connectivity index is 0.00000256. The average Bonchev–Trinajstić information content (AvgIpc) is 2.25. The van der Waals surface area contributed by atoms with Gasteiger partial charge in [-0.2, -0.15) is 0 Å². The first-order valence-corrected chi connectivity index (χ1v) is 4.50. The molecule has 17 heavy (non-hydrogen) atoms. The molecule has 0 heterocycles. The zero-order valence-electron chi connectivity index (χ0n) is 8.88. The molecule has 0 aliphatic rings. The zero-order chi connectivity index (χ0) is 12.5. The van der Waals surface area contributed by atoms with Gasteiger partial charge in [-0.05, 0) is 12.5 Å². The van der Waals surface area contributed by atoms with Crippen LogP contribution < -0.4 is 5.73 Å². The number of hydrogen-bond donors (Lipinski definition) is 2. The van der Waals surface area contributed by atoms with Crippen LogP contribution in [-0.2, 0) is 0 Å². The highest BCUT2D eigenvalue weighted by molar-refractivity contribution is 5.85. The Bertz CT molecular complexity index is 400. The summed E-state index contributed by atoms with van der Waals surface area (Å²) in [6.07, 6.45) is 0. The van der Waals surface area contributed by atoms with E-state index in [1.54, 1.807) is 0 Å². The van der Waals surface area contributed by atoms with Crippen molar-refractivity contribution < 1.29 is 22.7 Å². The van der Waals surface area contributed by atoms with Gasteiger partial charge in [-0.1, -0.05) is 12.1 Å². The normalized spacial score (nSPS) is 13.1. The maximum atomic E-state index is 13.3. The summed E-state index contributed by atoms with van der Waals surface area (Å²) >= 11 is 0. The Kier molecular flexibility index (Phi) is 5.38. The maximum absolute atomic E-state index is 13.3. The number of alkyl halides is 2. The molecule has 7 heteroatoms. The molecule has 1 atom stereocenters. The first-order valence-electron chi connectivity index (χ1n) is 4.50. The molecule has 0 saturated heterocycles. The van der Waals surface area contributed by atoms with E-state index in [4.69, 9.17) is 10.8 Å². The van der Waals surface area contributed by atoms with E-state index in [-0.39, 0.29) is 18.0 Å². The number of nitrogens with two attached hydrogens (primary N) is 1. The molecule has 0 aliphatic heterocycles. The Morgan fingerprint density at radius 3 is 2.29 bits per heavy atom. The molecule has 3 N–H and O–H groups in total. The van der Waals surface area contributed by atoms with Gasteiger partial charge >= 0.3 is 0 Å². The molecule has 0 radical (unpaired) electrons. The van der Waals surface area contributed by atoms with Crippen LogP contribution in [0.3, 0.4) is 0 Å². The van der Waals surface area contributed by atoms with Crippen LogP contribution in [-0.4, -0.2) is 17.6 Å². The molecule has 1 aromatic carbocycles. The molecule has 0 bridgehead atoms. The zero-order valence-corrected chi connectivity index (χ0v) is 9.70. The molecule has 0 aliphatic carbocycles. The third-order valence-corrected chi connectivity index (χ3v) is 2.31. The van der Waals surface area contributed by atoms with E-state index in [1.165, 1.54) is 6.92 Å². The largest absolute Gasteiger partial charge is 0.390 e. The number of rotatable bonds is 3. The van der Waals surface area contributed by atoms with Crippen molar-refractivity contribution in [1.82, 2.24) is 0 Å². The minimum absolute atomic E-state index is 0. The predicted octanol–water partition coefficient (Wildman–Crippen LogP) is 2.32. The van der Waals surface area contributed by atoms with Crippen molar-refractivity contribution in [2.75, 3.05) is 6.61 Å². The van der Waals surface area contributed by atoms with Gasteiger partial charge in [0.15, 0.2) is 11.6 Å². The number of benzene rings is 1. The van der Waals surface area contributed by atoms with Gasteiger partial charge in [0.25, 0.3) is 5.92 Å². The smallest absolute Gasteiger partial charge is 0.289 e. The van der Waals surface area contributed by atoms with Gasteiger partial charge in [0.1, 0.15) is 6.61 Å². The Hall–Kier alpha value is -0.850. The van der Waals surface area contributed by atoms with Crippen molar-refractivity contribution in [3.63, 3.8) is 0 Å². The molecular weight excluding hydrogens is 262 g/mol. The van der Waals surface area contributed by atoms with Crippen molar-refractivity contribution in [1.29, 1.82) is 0 Å². The van der Waals surface area contributed by atoms with Crippen LogP contribution in [0.4, 0.5) is 17.6 Å². The van der Waals surface area contributed by atoms with Crippen LogP contribution in [0.15, 0.2) is 12.1 Å². The molecule has 0 aromatic heterocycles. The van der Waals surface area contributed by atoms with Crippen LogP contribution in [0.5, 0.6) is 0 Å². The number of aryl methyl sites for hydroxylation is 1. The van der Waals surface area contributed by atoms with Crippen molar-refractivity contribution in [2.24, 2.45) is 5.73 Å². The molecular formula is C10H12ClF4NO. The topological polar surface area (TPSA) is 46.2 Å². The van der Waals surface area contributed by atoms with E-state index in [0.29, 0.717) is 0 Å². The molecule has 1 rings (SSSR count). The van der Waals surface area contributed by atoms with E-state index in [1.807, 2.05) is 0 Å². The highest BCUT2D eigenvalue weighted by atomic mass is 35.5. The fourth-order valence-electron chi connectivity index (χ4n) is 1.23. The standard InChI is InChI=1S/C10H11F4NO.ClH/c1-5-2-3-6(8(12)7(5)11)9(15)10(13,14)4-16;/h2-3,9,16H,4,15H2,1H3;1H/t9-;/m0./s1. The van der Waals surface area contributed by atoms with Gasteiger partial charge in [-0.3, -0.25) is 0 Å². The molecule has 0 unspecified atom stereocenters. The lowest BCUT2D eigenvalue weighted by Gasteiger charge is -2.22. The van der Waals surface area contributed by atoms with Gasteiger partial charge in [0, 0.05) is 5.56 Å². The Morgan fingerprint density at radius 2 is 1.82 bits per heavy atom. The number of aliphatic hydroxyl groups is 1. The van der Waals surface area contributed by atoms with Crippen LogP contribution in [0.2, 0.25) is 0 Å². The lowest BCUT2D eigenvalue weighted by atomic mass is 9.99. The first kappa shape index (κ1) is 16.1. The minimum atomic E-state index is -3.69. The summed E-state index contributed by atoms with van der Waals surface area (Å²) in [6, 6.07) is 0.0656. The average molecular weight is 274 g/mol. The predicted molar refractivity (Wildman–Crippen MR) is 57.3 cm³/mol. The summed E-state index contributed by atoms with van der Waals surface area (Å²) in [6.45, 7) is -0.221. The summed E-state index contributed by atoms with van der Waals surface area (Å²) in [5, 5.41) is 8.39. The van der Waals surface area contributed by atoms with Crippen molar-refractivity contribution in [3.8, 4) is 0 Å². The Morgan fingerprint density at radius 1 is 1.29 bits per heavy atom. The van der Waals surface area contributed by atoms with Crippen LogP contribution in [0.1, 0.15) is 17.2 Å². The maximum Gasteiger partial charge on any atom is 0.289 e. The molecule has 0 fully saturated rings. The van der Waals surface area contributed by atoms with Gasteiger partial charge in [0.2, 0.25) is 0 Å². The third-order valence-electron chi connectivity index (χ3n) is 2.31. The van der Waals surface area contributed by atoms with Gasteiger partial charge in [0.05, 0.1) is 6.04 Å². The summed E-state index contributed by atoms with van der Waals surface area (Å²) < 4.78 is 52.4. The van der Waals surface area contributed by atoms with E-state index in [2.05, 4.69) is 0 Å². The highest BCUT2D eigenvalue weighted by Crippen LogP contribution is 2.31. The summed E-state index contributed by atoms with van der Waals surface area (Å²) in [4.78, 5) is 0. The molecule has 2 nitrogen and oxygen atoms in total. The monoisotopic (exact) mass is 273 g/mol. The fraction of sp³-hybridized carbons (Fsp3) is 0.400. The minimum Gasteiger partial charge on any atom is -0.390 e. The van der Waals surface area contributed by atoms with Crippen molar-refractivity contribution in [3.05, 3.63) is 34.9 Å². The van der Waals surface area contributed by atoms with E-state index >= 15 is 0 Å². The van der Waals surface area contributed by atoms with Gasteiger partial charge in [-0.25, -0.2) is 17.6 Å². The van der Waals surface area contributed by atoms with Crippen molar-refractivity contribution >= 4 is 12.4 Å². The van der Waals surface area contributed by atoms with Gasteiger partial charge in [-0.15, -0.1) is 12.4 Å². The van der Waals surface area contributed by atoms with E-state index in [0.717, 1.165) is 12.1 Å². The van der Waals surface area contributed by atoms with Crippen molar-refractivity contribution in [2.45, 2.75) is 18.9 Å². The van der Waals surface area contributed by atoms with Crippen LogP contribution in [0.25, 0.3) is 0 Å². The lowest BCUT2D eigenvalue weighted by molar-refractivity contribution is -0.0719. The molecule has 0 spiro atoms. The second-order valence-corrected chi connectivity index (χ2v) is 3.50. The summed E-state index contributed by atoms with van der Waals surface area (Å²) in [5.74, 6) is -6.30. The second kappa shape index (κ2) is 5.66. The van der Waals surface area contributed by atoms with E-state index < -0.39 is 35.8 Å².